The van der Waals surface area contributed by atoms with E-state index in [2.05, 4.69) is 22.8 Å². The van der Waals surface area contributed by atoms with Crippen LogP contribution in [0.2, 0.25) is 0 Å². The molecule has 0 aromatic heterocycles. The lowest BCUT2D eigenvalue weighted by Crippen LogP contribution is -2.54. The summed E-state index contributed by atoms with van der Waals surface area (Å²) in [5.74, 6) is -0.0908. The Labute approximate surface area is 218 Å². The van der Waals surface area contributed by atoms with Crippen molar-refractivity contribution in [2.24, 2.45) is 0 Å². The topological polar surface area (TPSA) is 79.9 Å². The van der Waals surface area contributed by atoms with Gasteiger partial charge in [0, 0.05) is 18.3 Å². The fraction of sp³-hybridized carbons (Fsp3) is 0.333. The zero-order chi connectivity index (χ0) is 26.0. The number of amides is 3. The number of nitrogens with one attached hydrogen (secondary N) is 2. The Bertz CT molecular complexity index is 1170. The Kier molecular flexibility index (Phi) is 9.29. The number of anilines is 1. The van der Waals surface area contributed by atoms with Crippen LogP contribution in [0.4, 0.5) is 10.5 Å². The number of urea groups is 1. The van der Waals surface area contributed by atoms with Crippen molar-refractivity contribution in [2.75, 3.05) is 19.0 Å². The molecule has 3 amide bonds. The molecule has 3 aromatic rings. The van der Waals surface area contributed by atoms with Crippen LogP contribution in [0.1, 0.15) is 35.1 Å². The minimum atomic E-state index is -0.679. The molecule has 4 rings (SSSR count). The van der Waals surface area contributed by atoms with Gasteiger partial charge in [-0.1, -0.05) is 72.3 Å². The SMILES string of the molecule is COOCC[C@H]1Cc2ccccc2CN1C(=O)C(CCc1ccccc1)NC(=O)Nc1ccc(C)cc1. The Balaban J connectivity index is 1.53. The lowest BCUT2D eigenvalue weighted by Gasteiger charge is -2.39. The number of rotatable bonds is 10. The first-order chi connectivity index (χ1) is 18.0. The van der Waals surface area contributed by atoms with Crippen molar-refractivity contribution in [3.63, 3.8) is 0 Å². The van der Waals surface area contributed by atoms with E-state index in [0.717, 1.165) is 23.1 Å². The lowest BCUT2D eigenvalue weighted by atomic mass is 9.91. The molecule has 0 bridgehead atoms. The second kappa shape index (κ2) is 13.0. The minimum Gasteiger partial charge on any atom is -0.333 e. The Morgan fingerprint density at radius 1 is 0.973 bits per heavy atom. The minimum absolute atomic E-state index is 0.0567. The molecule has 0 radical (unpaired) electrons. The Hall–Kier alpha value is -3.68. The van der Waals surface area contributed by atoms with E-state index in [-0.39, 0.29) is 11.9 Å². The highest BCUT2D eigenvalue weighted by Gasteiger charge is 2.34. The van der Waals surface area contributed by atoms with E-state index in [9.17, 15) is 9.59 Å². The van der Waals surface area contributed by atoms with Crippen LogP contribution < -0.4 is 10.6 Å². The van der Waals surface area contributed by atoms with Gasteiger partial charge in [0.2, 0.25) is 5.91 Å². The van der Waals surface area contributed by atoms with Crippen LogP contribution in [0.15, 0.2) is 78.9 Å². The number of hydrogen-bond acceptors (Lipinski definition) is 4. The van der Waals surface area contributed by atoms with E-state index >= 15 is 0 Å². The van der Waals surface area contributed by atoms with Crippen LogP contribution in [-0.2, 0) is 34.0 Å². The maximum absolute atomic E-state index is 14.0. The summed E-state index contributed by atoms with van der Waals surface area (Å²) in [5.41, 5.74) is 5.27. The summed E-state index contributed by atoms with van der Waals surface area (Å²) in [6.45, 7) is 2.87. The fourth-order valence-electron chi connectivity index (χ4n) is 4.75. The molecule has 7 heteroatoms. The van der Waals surface area contributed by atoms with E-state index in [4.69, 9.17) is 9.78 Å². The average Bonchev–Trinajstić information content (AvgIpc) is 2.92. The second-order valence-corrected chi connectivity index (χ2v) is 9.41. The van der Waals surface area contributed by atoms with Gasteiger partial charge in [-0.15, -0.1) is 0 Å². The van der Waals surface area contributed by atoms with Crippen LogP contribution in [-0.4, -0.2) is 42.6 Å². The van der Waals surface area contributed by atoms with Gasteiger partial charge >= 0.3 is 6.03 Å². The molecule has 0 saturated carbocycles. The molecule has 37 heavy (non-hydrogen) atoms. The third-order valence-corrected chi connectivity index (χ3v) is 6.77. The maximum Gasteiger partial charge on any atom is 0.319 e. The molecule has 1 aliphatic rings. The van der Waals surface area contributed by atoms with E-state index in [0.29, 0.717) is 38.1 Å². The molecular weight excluding hydrogens is 466 g/mol. The molecule has 0 spiro atoms. The van der Waals surface area contributed by atoms with Gasteiger partial charge < -0.3 is 15.5 Å². The van der Waals surface area contributed by atoms with Crippen LogP contribution in [0, 0.1) is 6.92 Å². The molecule has 0 saturated heterocycles. The number of aryl methyl sites for hydroxylation is 2. The summed E-state index contributed by atoms with van der Waals surface area (Å²) in [6.07, 6.45) is 2.53. The molecule has 1 heterocycles. The van der Waals surface area contributed by atoms with Gasteiger partial charge in [-0.05, 0) is 61.4 Å². The van der Waals surface area contributed by atoms with Crippen molar-refractivity contribution in [1.29, 1.82) is 0 Å². The van der Waals surface area contributed by atoms with E-state index in [1.54, 1.807) is 0 Å². The van der Waals surface area contributed by atoms with Crippen LogP contribution in [0.5, 0.6) is 0 Å². The standard InChI is InChI=1S/C30H35N3O4/c1-22-12-15-26(16-13-22)31-30(35)32-28(17-14-23-8-4-3-5-9-23)29(34)33-21-25-11-7-6-10-24(25)20-27(33)18-19-37-36-2/h3-13,15-16,27-28H,14,17-21H2,1-2H3,(H2,31,32,35)/t27-,28?/m0/s1. The quantitative estimate of drug-likeness (QED) is 0.232. The largest absolute Gasteiger partial charge is 0.333 e. The third-order valence-electron chi connectivity index (χ3n) is 6.77. The van der Waals surface area contributed by atoms with Gasteiger partial charge in [0.25, 0.3) is 0 Å². The number of benzene rings is 3. The summed E-state index contributed by atoms with van der Waals surface area (Å²) in [7, 11) is 1.48. The van der Waals surface area contributed by atoms with Gasteiger partial charge in [-0.3, -0.25) is 4.79 Å². The fourth-order valence-corrected chi connectivity index (χ4v) is 4.75. The number of carbonyl (C=O) groups is 2. The molecule has 0 fully saturated rings. The van der Waals surface area contributed by atoms with E-state index in [1.807, 2.05) is 78.6 Å². The molecule has 2 atom stereocenters. The Morgan fingerprint density at radius 2 is 1.68 bits per heavy atom. The molecule has 1 unspecified atom stereocenters. The first-order valence-electron chi connectivity index (χ1n) is 12.7. The summed E-state index contributed by atoms with van der Waals surface area (Å²) in [6, 6.07) is 24.7. The van der Waals surface area contributed by atoms with Crippen LogP contribution in [0.25, 0.3) is 0 Å². The highest BCUT2D eigenvalue weighted by molar-refractivity contribution is 5.94. The molecule has 7 nitrogen and oxygen atoms in total. The summed E-state index contributed by atoms with van der Waals surface area (Å²) >= 11 is 0. The third kappa shape index (κ3) is 7.41. The summed E-state index contributed by atoms with van der Waals surface area (Å²) < 4.78 is 0. The van der Waals surface area contributed by atoms with Crippen molar-refractivity contribution in [2.45, 2.75) is 51.2 Å². The maximum atomic E-state index is 14.0. The highest BCUT2D eigenvalue weighted by Crippen LogP contribution is 2.26. The molecule has 3 aromatic carbocycles. The molecular formula is C30H35N3O4. The number of nitrogens with zero attached hydrogens (tertiary/aromatic N) is 1. The highest BCUT2D eigenvalue weighted by atomic mass is 17.2. The number of fused-ring (bicyclic) bond motifs is 1. The normalized spacial score (nSPS) is 15.5. The first-order valence-corrected chi connectivity index (χ1v) is 12.7. The average molecular weight is 502 g/mol. The molecule has 2 N–H and O–H groups in total. The van der Waals surface area contributed by atoms with E-state index < -0.39 is 12.1 Å². The monoisotopic (exact) mass is 501 g/mol. The summed E-state index contributed by atoms with van der Waals surface area (Å²) in [4.78, 5) is 38.8. The second-order valence-electron chi connectivity index (χ2n) is 9.41. The lowest BCUT2D eigenvalue weighted by molar-refractivity contribution is -0.274. The van der Waals surface area contributed by atoms with Gasteiger partial charge in [-0.25, -0.2) is 14.6 Å². The zero-order valence-corrected chi connectivity index (χ0v) is 21.5. The van der Waals surface area contributed by atoms with Gasteiger partial charge in [0.15, 0.2) is 0 Å². The van der Waals surface area contributed by atoms with E-state index in [1.165, 1.54) is 12.7 Å². The van der Waals surface area contributed by atoms with Crippen molar-refractivity contribution >= 4 is 17.6 Å². The molecule has 0 aliphatic carbocycles. The van der Waals surface area contributed by atoms with Crippen molar-refractivity contribution in [1.82, 2.24) is 10.2 Å². The number of carbonyl (C=O) groups excluding carboxylic acids is 2. The predicted octanol–water partition coefficient (Wildman–Crippen LogP) is 5.04. The van der Waals surface area contributed by atoms with Gasteiger partial charge in [-0.2, -0.15) is 0 Å². The van der Waals surface area contributed by atoms with Crippen LogP contribution in [0.3, 0.4) is 0 Å². The smallest absolute Gasteiger partial charge is 0.319 e. The molecule has 1 aliphatic heterocycles. The van der Waals surface area contributed by atoms with Crippen LogP contribution >= 0.6 is 0 Å². The number of hydrogen-bond donors (Lipinski definition) is 2. The summed E-state index contributed by atoms with van der Waals surface area (Å²) in [5, 5.41) is 5.83. The van der Waals surface area contributed by atoms with Gasteiger partial charge in [0.05, 0.1) is 13.7 Å². The predicted molar refractivity (Wildman–Crippen MR) is 144 cm³/mol. The van der Waals surface area contributed by atoms with Crippen molar-refractivity contribution in [3.05, 3.63) is 101 Å². The molecule has 194 valence electrons. The van der Waals surface area contributed by atoms with Gasteiger partial charge in [0.1, 0.15) is 6.04 Å². The van der Waals surface area contributed by atoms with Crippen molar-refractivity contribution in [3.8, 4) is 0 Å². The van der Waals surface area contributed by atoms with Crippen molar-refractivity contribution < 1.29 is 19.4 Å². The first kappa shape index (κ1) is 26.4. The zero-order valence-electron chi connectivity index (χ0n) is 21.5. The Morgan fingerprint density at radius 3 is 2.41 bits per heavy atom.